The molecule has 38 heavy (non-hydrogen) atoms. The molecule has 0 unspecified atom stereocenters. The molecule has 0 spiro atoms. The minimum atomic E-state index is -0.175. The van der Waals surface area contributed by atoms with Gasteiger partial charge in [-0.25, -0.2) is 4.98 Å². The van der Waals surface area contributed by atoms with Crippen molar-refractivity contribution in [3.63, 3.8) is 0 Å². The van der Waals surface area contributed by atoms with E-state index in [2.05, 4.69) is 19.6 Å². The zero-order chi connectivity index (χ0) is 27.4. The van der Waals surface area contributed by atoms with Gasteiger partial charge in [-0.1, -0.05) is 0 Å². The number of ether oxygens (including phenoxy) is 3. The van der Waals surface area contributed by atoms with E-state index in [4.69, 9.17) is 14.2 Å². The molecule has 2 amide bonds. The lowest BCUT2D eigenvalue weighted by Gasteiger charge is -2.35. The van der Waals surface area contributed by atoms with Crippen LogP contribution >= 0.6 is 11.5 Å². The third kappa shape index (κ3) is 5.20. The van der Waals surface area contributed by atoms with Crippen LogP contribution in [0.2, 0.25) is 0 Å². The highest BCUT2D eigenvalue weighted by molar-refractivity contribution is 7.13. The first-order valence-corrected chi connectivity index (χ1v) is 13.5. The fraction of sp³-hybridized carbons (Fsp3) is 0.481. The van der Waals surface area contributed by atoms with Crippen LogP contribution in [-0.2, 0) is 4.79 Å². The molecule has 0 radical (unpaired) electrons. The number of carbonyl (C=O) groups excluding carboxylic acids is 2. The van der Waals surface area contributed by atoms with Crippen molar-refractivity contribution in [3.05, 3.63) is 29.6 Å². The first kappa shape index (κ1) is 27.4. The van der Waals surface area contributed by atoms with Gasteiger partial charge in [0.15, 0.2) is 11.5 Å². The second kappa shape index (κ2) is 11.8. The van der Waals surface area contributed by atoms with E-state index in [0.29, 0.717) is 67.5 Å². The summed E-state index contributed by atoms with van der Waals surface area (Å²) in [4.78, 5) is 36.0. The Labute approximate surface area is 227 Å². The number of aryl methyl sites for hydroxylation is 1. The third-order valence-corrected chi connectivity index (χ3v) is 7.89. The zero-order valence-corrected chi connectivity index (χ0v) is 23.6. The van der Waals surface area contributed by atoms with Gasteiger partial charge in [-0.05, 0) is 45.1 Å². The second-order valence-corrected chi connectivity index (χ2v) is 9.86. The number of piperidine rings is 1. The van der Waals surface area contributed by atoms with Crippen LogP contribution in [0, 0.1) is 12.8 Å². The van der Waals surface area contributed by atoms with Gasteiger partial charge in [-0.3, -0.25) is 9.59 Å². The number of benzene rings is 1. The summed E-state index contributed by atoms with van der Waals surface area (Å²) in [6, 6.07) is 3.44. The Balaban J connectivity index is 1.55. The van der Waals surface area contributed by atoms with Crippen molar-refractivity contribution in [1.82, 2.24) is 14.3 Å². The Morgan fingerprint density at radius 2 is 1.71 bits per heavy atom. The van der Waals surface area contributed by atoms with Crippen LogP contribution in [0.1, 0.15) is 42.7 Å². The average molecular weight is 542 g/mol. The molecule has 204 valence electrons. The summed E-state index contributed by atoms with van der Waals surface area (Å²) in [6.45, 7) is 8.42. The van der Waals surface area contributed by atoms with E-state index < -0.39 is 0 Å². The number of carbonyl (C=O) groups is 2. The number of fused-ring (bicyclic) bond motifs is 1. The topological polar surface area (TPSA) is 106 Å². The monoisotopic (exact) mass is 541 g/mol. The highest BCUT2D eigenvalue weighted by Gasteiger charge is 2.31. The van der Waals surface area contributed by atoms with Gasteiger partial charge in [0, 0.05) is 56.1 Å². The van der Waals surface area contributed by atoms with Gasteiger partial charge in [-0.2, -0.15) is 4.37 Å². The summed E-state index contributed by atoms with van der Waals surface area (Å²) in [5.74, 6) is 1.15. The van der Waals surface area contributed by atoms with Gasteiger partial charge in [-0.15, -0.1) is 0 Å². The molecule has 1 saturated heterocycles. The van der Waals surface area contributed by atoms with Crippen LogP contribution in [0.25, 0.3) is 10.2 Å². The Morgan fingerprint density at radius 1 is 1.08 bits per heavy atom. The molecule has 1 aromatic carbocycles. The van der Waals surface area contributed by atoms with E-state index >= 15 is 0 Å². The summed E-state index contributed by atoms with van der Waals surface area (Å²) in [5, 5.41) is 3.93. The maximum absolute atomic E-state index is 13.4. The van der Waals surface area contributed by atoms with Crippen LogP contribution in [-0.4, -0.2) is 73.6 Å². The minimum Gasteiger partial charge on any atom is -0.493 e. The molecule has 10 nitrogen and oxygen atoms in total. The maximum Gasteiger partial charge on any atom is 0.257 e. The van der Waals surface area contributed by atoms with Gasteiger partial charge in [0.25, 0.3) is 5.91 Å². The molecular formula is C27H35N5O5S. The first-order valence-electron chi connectivity index (χ1n) is 12.8. The molecule has 0 aliphatic carbocycles. The maximum atomic E-state index is 13.4. The van der Waals surface area contributed by atoms with E-state index in [1.165, 1.54) is 18.6 Å². The molecular weight excluding hydrogens is 506 g/mol. The molecule has 4 rings (SSSR count). The predicted octanol–water partition coefficient (Wildman–Crippen LogP) is 4.36. The molecule has 0 atom stereocenters. The Kier molecular flexibility index (Phi) is 8.55. The van der Waals surface area contributed by atoms with E-state index in [0.717, 1.165) is 21.6 Å². The Hall–Kier alpha value is -3.60. The normalized spacial score (nSPS) is 13.9. The number of rotatable bonds is 9. The van der Waals surface area contributed by atoms with Crippen molar-refractivity contribution in [2.45, 2.75) is 33.6 Å². The van der Waals surface area contributed by atoms with Crippen molar-refractivity contribution < 1.29 is 23.8 Å². The molecule has 2 aromatic heterocycles. The molecule has 0 bridgehead atoms. The van der Waals surface area contributed by atoms with E-state index in [1.54, 1.807) is 37.4 Å². The summed E-state index contributed by atoms with van der Waals surface area (Å²) in [5.41, 5.74) is 2.91. The van der Waals surface area contributed by atoms with Crippen LogP contribution in [0.5, 0.6) is 17.2 Å². The van der Waals surface area contributed by atoms with Gasteiger partial charge in [0.1, 0.15) is 4.83 Å². The number of amides is 2. The predicted molar refractivity (Wildman–Crippen MR) is 149 cm³/mol. The fourth-order valence-electron chi connectivity index (χ4n) is 4.97. The lowest BCUT2D eigenvalue weighted by molar-refractivity contribution is -0.120. The van der Waals surface area contributed by atoms with Crippen molar-refractivity contribution in [1.29, 1.82) is 0 Å². The Bertz CT molecular complexity index is 1290. The quantitative estimate of drug-likeness (QED) is 0.426. The smallest absolute Gasteiger partial charge is 0.257 e. The summed E-state index contributed by atoms with van der Waals surface area (Å²) in [6.07, 6.45) is 2.98. The summed E-state index contributed by atoms with van der Waals surface area (Å²) >= 11 is 1.34. The largest absolute Gasteiger partial charge is 0.493 e. The van der Waals surface area contributed by atoms with Crippen LogP contribution in [0.15, 0.2) is 18.3 Å². The number of methoxy groups -OCH3 is 3. The SMILES string of the molecule is CCN(CC)C(=O)c1cnc2snc(C)c2c1N1CCC(C(=O)Nc2cc(OC)c(OC)c(OC)c2)CC1. The van der Waals surface area contributed by atoms with Gasteiger partial charge < -0.3 is 29.3 Å². The lowest BCUT2D eigenvalue weighted by Crippen LogP contribution is -2.40. The third-order valence-electron chi connectivity index (χ3n) is 7.04. The highest BCUT2D eigenvalue weighted by atomic mass is 32.1. The number of aromatic nitrogens is 2. The van der Waals surface area contributed by atoms with Crippen LogP contribution < -0.4 is 24.4 Å². The van der Waals surface area contributed by atoms with Crippen molar-refractivity contribution in [2.24, 2.45) is 5.92 Å². The van der Waals surface area contributed by atoms with Crippen molar-refractivity contribution >= 4 is 44.9 Å². The second-order valence-electron chi connectivity index (χ2n) is 9.11. The number of nitrogens with one attached hydrogen (secondary N) is 1. The standard InChI is InChI=1S/C27H35N5O5S/c1-7-31(8-2)27(34)19-15-28-26-22(16(3)30-38-26)23(19)32-11-9-17(10-12-32)25(33)29-18-13-20(35-4)24(37-6)21(14-18)36-5/h13-15,17H,7-12H2,1-6H3,(H,29,33). The van der Waals surface area contributed by atoms with Gasteiger partial charge >= 0.3 is 0 Å². The zero-order valence-electron chi connectivity index (χ0n) is 22.8. The van der Waals surface area contributed by atoms with E-state index in [9.17, 15) is 9.59 Å². The molecule has 1 aliphatic rings. The fourth-order valence-corrected chi connectivity index (χ4v) is 5.72. The molecule has 3 heterocycles. The number of nitrogens with zero attached hydrogens (tertiary/aromatic N) is 4. The number of hydrogen-bond donors (Lipinski definition) is 1. The van der Waals surface area contributed by atoms with Crippen LogP contribution in [0.3, 0.4) is 0 Å². The number of pyridine rings is 1. The van der Waals surface area contributed by atoms with E-state index in [-0.39, 0.29) is 17.7 Å². The van der Waals surface area contributed by atoms with Gasteiger partial charge in [0.05, 0.1) is 43.7 Å². The van der Waals surface area contributed by atoms with Crippen LogP contribution in [0.4, 0.5) is 11.4 Å². The van der Waals surface area contributed by atoms with E-state index in [1.807, 2.05) is 20.8 Å². The molecule has 11 heteroatoms. The summed E-state index contributed by atoms with van der Waals surface area (Å²) in [7, 11) is 4.62. The molecule has 1 aliphatic heterocycles. The number of hydrogen-bond acceptors (Lipinski definition) is 9. The lowest BCUT2D eigenvalue weighted by atomic mass is 9.94. The van der Waals surface area contributed by atoms with Gasteiger partial charge in [0.2, 0.25) is 11.7 Å². The summed E-state index contributed by atoms with van der Waals surface area (Å²) < 4.78 is 20.7. The van der Waals surface area contributed by atoms with Crippen molar-refractivity contribution in [2.75, 3.05) is 57.7 Å². The number of anilines is 2. The highest BCUT2D eigenvalue weighted by Crippen LogP contribution is 2.40. The molecule has 1 N–H and O–H groups in total. The average Bonchev–Trinajstić information content (AvgIpc) is 3.33. The molecule has 3 aromatic rings. The molecule has 1 fully saturated rings. The molecule has 0 saturated carbocycles. The first-order chi connectivity index (χ1) is 18.4. The van der Waals surface area contributed by atoms with Crippen molar-refractivity contribution in [3.8, 4) is 17.2 Å². The Morgan fingerprint density at radius 3 is 2.26 bits per heavy atom. The minimum absolute atomic E-state index is 0.0349.